The fourth-order valence-electron chi connectivity index (χ4n) is 2.26. The van der Waals surface area contributed by atoms with Crippen LogP contribution in [0.4, 0.5) is 11.4 Å². The van der Waals surface area contributed by atoms with Crippen molar-refractivity contribution in [2.24, 2.45) is 0 Å². The molecule has 0 amide bonds. The van der Waals surface area contributed by atoms with Gasteiger partial charge in [0.25, 0.3) is 0 Å². The number of rotatable bonds is 4. The average molecular weight is 317 g/mol. The topological polar surface area (TPSA) is 83.7 Å². The van der Waals surface area contributed by atoms with Gasteiger partial charge in [0, 0.05) is 24.1 Å². The smallest absolute Gasteiger partial charge is 0.310 e. The summed E-state index contributed by atoms with van der Waals surface area (Å²) in [5, 5.41) is 20.2. The van der Waals surface area contributed by atoms with Crippen molar-refractivity contribution < 1.29 is 14.8 Å². The lowest BCUT2D eigenvalue weighted by atomic mass is 10.1. The molecule has 2 rings (SSSR count). The van der Waals surface area contributed by atoms with E-state index in [0.717, 1.165) is 5.75 Å². The van der Waals surface area contributed by atoms with Gasteiger partial charge in [0.05, 0.1) is 11.3 Å². The van der Waals surface area contributed by atoms with E-state index >= 15 is 0 Å². The summed E-state index contributed by atoms with van der Waals surface area (Å²) in [7, 11) is 0. The third-order valence-electron chi connectivity index (χ3n) is 3.10. The van der Waals surface area contributed by atoms with E-state index in [1.54, 1.807) is 28.8 Å². The van der Waals surface area contributed by atoms with Gasteiger partial charge in [0.15, 0.2) is 0 Å². The predicted octanol–water partition coefficient (Wildman–Crippen LogP) is 2.64. The molecule has 1 heterocycles. The molecular weight excluding hydrogens is 304 g/mol. The zero-order valence-electron chi connectivity index (χ0n) is 10.5. The lowest BCUT2D eigenvalue weighted by molar-refractivity contribution is -0.384. The van der Waals surface area contributed by atoms with Gasteiger partial charge < -0.3 is 10.0 Å². The van der Waals surface area contributed by atoms with E-state index in [1.165, 1.54) is 6.07 Å². The first-order chi connectivity index (χ1) is 9.50. The second kappa shape index (κ2) is 6.32. The van der Waals surface area contributed by atoms with Crippen molar-refractivity contribution in [2.45, 2.75) is 12.5 Å². The number of carboxylic acid groups (broad SMARTS) is 1. The lowest BCUT2D eigenvalue weighted by Crippen LogP contribution is -2.44. The Hall–Kier alpha value is -1.47. The predicted molar refractivity (Wildman–Crippen MR) is 78.8 cm³/mol. The van der Waals surface area contributed by atoms with Crippen LogP contribution in [0.1, 0.15) is 6.42 Å². The molecule has 1 aliphatic rings. The highest BCUT2D eigenvalue weighted by Crippen LogP contribution is 2.37. The average Bonchev–Trinajstić information content (AvgIpc) is 2.38. The fourth-order valence-corrected chi connectivity index (χ4v) is 3.56. The minimum Gasteiger partial charge on any atom is -0.481 e. The van der Waals surface area contributed by atoms with E-state index in [-0.39, 0.29) is 23.2 Å². The molecule has 8 heteroatoms. The molecule has 0 aliphatic carbocycles. The molecule has 1 fully saturated rings. The Morgan fingerprint density at radius 2 is 2.35 bits per heavy atom. The van der Waals surface area contributed by atoms with Crippen LogP contribution in [0.3, 0.4) is 0 Å². The van der Waals surface area contributed by atoms with Crippen molar-refractivity contribution in [1.82, 2.24) is 0 Å². The number of carboxylic acids is 1. The Morgan fingerprint density at radius 1 is 1.60 bits per heavy atom. The van der Waals surface area contributed by atoms with Gasteiger partial charge in [-0.05, 0) is 12.1 Å². The third-order valence-corrected chi connectivity index (χ3v) is 4.49. The maximum Gasteiger partial charge on any atom is 0.310 e. The van der Waals surface area contributed by atoms with Gasteiger partial charge in [-0.15, -0.1) is 0 Å². The molecule has 1 N–H and O–H groups in total. The highest BCUT2D eigenvalue weighted by atomic mass is 35.5. The van der Waals surface area contributed by atoms with Gasteiger partial charge in [-0.3, -0.25) is 14.9 Å². The number of hydrogen-bond donors (Lipinski definition) is 1. The molecule has 0 radical (unpaired) electrons. The molecule has 1 aromatic carbocycles. The molecule has 1 unspecified atom stereocenters. The summed E-state index contributed by atoms with van der Waals surface area (Å²) in [4.78, 5) is 23.4. The van der Waals surface area contributed by atoms with Crippen LogP contribution in [-0.2, 0) is 4.79 Å². The molecule has 6 nitrogen and oxygen atoms in total. The minimum atomic E-state index is -0.910. The van der Waals surface area contributed by atoms with Crippen LogP contribution in [-0.4, -0.2) is 40.1 Å². The Balaban J connectivity index is 2.39. The summed E-state index contributed by atoms with van der Waals surface area (Å²) >= 11 is 7.56. The SMILES string of the molecule is O=C(O)CC1CSCCN1c1cccc(Cl)c1[N+](=O)[O-]. The number of carbonyl (C=O) groups is 1. The minimum absolute atomic E-state index is 0.0450. The largest absolute Gasteiger partial charge is 0.481 e. The Labute approximate surface area is 124 Å². The summed E-state index contributed by atoms with van der Waals surface area (Å²) in [6.45, 7) is 0.573. The van der Waals surface area contributed by atoms with Gasteiger partial charge in [0.2, 0.25) is 0 Å². The zero-order chi connectivity index (χ0) is 14.7. The molecule has 1 aliphatic heterocycles. The van der Waals surface area contributed by atoms with E-state index in [1.807, 2.05) is 0 Å². The number of nitro benzene ring substituents is 1. The Bertz CT molecular complexity index is 540. The van der Waals surface area contributed by atoms with E-state index < -0.39 is 10.9 Å². The number of aliphatic carboxylic acids is 1. The van der Waals surface area contributed by atoms with E-state index in [2.05, 4.69) is 0 Å². The van der Waals surface area contributed by atoms with Crippen molar-refractivity contribution >= 4 is 40.7 Å². The molecule has 108 valence electrons. The molecule has 20 heavy (non-hydrogen) atoms. The first kappa shape index (κ1) is 14.9. The maximum absolute atomic E-state index is 11.2. The molecule has 1 saturated heterocycles. The van der Waals surface area contributed by atoms with Gasteiger partial charge in [-0.1, -0.05) is 17.7 Å². The Kier molecular flexibility index (Phi) is 4.72. The number of para-hydroxylation sites is 1. The van der Waals surface area contributed by atoms with Crippen LogP contribution in [0.2, 0.25) is 5.02 Å². The normalized spacial score (nSPS) is 18.9. The number of halogens is 1. The summed E-state index contributed by atoms with van der Waals surface area (Å²) in [6.07, 6.45) is -0.0450. The molecule has 0 aromatic heterocycles. The maximum atomic E-state index is 11.2. The second-order valence-electron chi connectivity index (χ2n) is 4.38. The number of thioether (sulfide) groups is 1. The summed E-state index contributed by atoms with van der Waals surface area (Å²) in [5.41, 5.74) is 0.241. The highest BCUT2D eigenvalue weighted by Gasteiger charge is 2.31. The van der Waals surface area contributed by atoms with Crippen LogP contribution in [0.5, 0.6) is 0 Å². The van der Waals surface area contributed by atoms with E-state index in [4.69, 9.17) is 16.7 Å². The lowest BCUT2D eigenvalue weighted by Gasteiger charge is -2.36. The first-order valence-corrected chi connectivity index (χ1v) is 7.53. The number of nitro groups is 1. The third kappa shape index (κ3) is 3.16. The number of anilines is 1. The van der Waals surface area contributed by atoms with Gasteiger partial charge in [0.1, 0.15) is 10.7 Å². The molecule has 0 bridgehead atoms. The molecule has 1 aromatic rings. The van der Waals surface area contributed by atoms with Crippen LogP contribution in [0.15, 0.2) is 18.2 Å². The molecule has 0 saturated carbocycles. The van der Waals surface area contributed by atoms with Crippen LogP contribution >= 0.6 is 23.4 Å². The van der Waals surface area contributed by atoms with Gasteiger partial charge in [-0.2, -0.15) is 11.8 Å². The summed E-state index contributed by atoms with van der Waals surface area (Å²) < 4.78 is 0. The van der Waals surface area contributed by atoms with Crippen molar-refractivity contribution in [3.05, 3.63) is 33.3 Å². The highest BCUT2D eigenvalue weighted by molar-refractivity contribution is 7.99. The first-order valence-electron chi connectivity index (χ1n) is 5.99. The summed E-state index contributed by atoms with van der Waals surface area (Å²) in [5.74, 6) is 0.530. The van der Waals surface area contributed by atoms with Crippen molar-refractivity contribution in [2.75, 3.05) is 23.0 Å². The van der Waals surface area contributed by atoms with Gasteiger partial charge >= 0.3 is 11.7 Å². The molecular formula is C12H13ClN2O4S. The Morgan fingerprint density at radius 3 is 3.00 bits per heavy atom. The van der Waals surface area contributed by atoms with Crippen molar-refractivity contribution in [1.29, 1.82) is 0 Å². The number of hydrogen-bond acceptors (Lipinski definition) is 5. The molecule has 0 spiro atoms. The van der Waals surface area contributed by atoms with E-state index in [0.29, 0.717) is 18.0 Å². The van der Waals surface area contributed by atoms with Crippen LogP contribution in [0, 0.1) is 10.1 Å². The quantitative estimate of drug-likeness (QED) is 0.679. The van der Waals surface area contributed by atoms with Crippen molar-refractivity contribution in [3.8, 4) is 0 Å². The second-order valence-corrected chi connectivity index (χ2v) is 5.94. The fraction of sp³-hybridized carbons (Fsp3) is 0.417. The zero-order valence-corrected chi connectivity index (χ0v) is 12.1. The van der Waals surface area contributed by atoms with E-state index in [9.17, 15) is 14.9 Å². The monoisotopic (exact) mass is 316 g/mol. The number of nitrogens with zero attached hydrogens (tertiary/aromatic N) is 2. The summed E-state index contributed by atoms with van der Waals surface area (Å²) in [6, 6.07) is 4.47. The van der Waals surface area contributed by atoms with Gasteiger partial charge in [-0.25, -0.2) is 0 Å². The standard InChI is InChI=1S/C12H13ClN2O4S/c13-9-2-1-3-10(12(9)15(18)19)14-4-5-20-7-8(14)6-11(16)17/h1-3,8H,4-7H2,(H,16,17). The van der Waals surface area contributed by atoms with Crippen LogP contribution in [0.25, 0.3) is 0 Å². The number of benzene rings is 1. The van der Waals surface area contributed by atoms with Crippen LogP contribution < -0.4 is 4.90 Å². The molecule has 1 atom stereocenters. The van der Waals surface area contributed by atoms with Crippen molar-refractivity contribution in [3.63, 3.8) is 0 Å².